The molecular weight excluding hydrogens is 404 g/mol. The second kappa shape index (κ2) is 7.90. The maximum Gasteiger partial charge on any atom is 0.137 e. The molecule has 3 aromatic rings. The summed E-state index contributed by atoms with van der Waals surface area (Å²) in [5, 5.41) is 13.6. The highest BCUT2D eigenvalue weighted by Crippen LogP contribution is 2.38. The van der Waals surface area contributed by atoms with Crippen LogP contribution in [0.2, 0.25) is 0 Å². The van der Waals surface area contributed by atoms with Crippen molar-refractivity contribution in [3.05, 3.63) is 47.8 Å². The minimum atomic E-state index is -0.696. The third kappa shape index (κ3) is 3.64. The van der Waals surface area contributed by atoms with Crippen molar-refractivity contribution in [1.82, 2.24) is 9.97 Å². The first-order valence-electron chi connectivity index (χ1n) is 10.3. The summed E-state index contributed by atoms with van der Waals surface area (Å²) in [5.41, 5.74) is 2.97. The van der Waals surface area contributed by atoms with Crippen molar-refractivity contribution < 1.29 is 18.6 Å². The van der Waals surface area contributed by atoms with Gasteiger partial charge in [0.15, 0.2) is 0 Å². The third-order valence-corrected chi connectivity index (χ3v) is 5.85. The van der Waals surface area contributed by atoms with Crippen LogP contribution in [0.4, 0.5) is 31.7 Å². The molecule has 1 unspecified atom stereocenters. The molecule has 2 N–H and O–H groups in total. The average molecular weight is 427 g/mol. The molecule has 2 fully saturated rings. The Hall–Kier alpha value is -3.04. The Labute approximate surface area is 178 Å². The number of aliphatic hydroxyl groups is 1. The Balaban J connectivity index is 1.59. The Bertz CT molecular complexity index is 1140. The van der Waals surface area contributed by atoms with E-state index in [1.807, 2.05) is 13.0 Å². The molecule has 4 heterocycles. The molecular formula is C22H23F2N5O2. The smallest absolute Gasteiger partial charge is 0.137 e. The lowest BCUT2D eigenvalue weighted by atomic mass is 10.1. The van der Waals surface area contributed by atoms with Crippen LogP contribution in [0, 0.1) is 18.6 Å². The molecule has 0 amide bonds. The molecule has 2 aliphatic rings. The lowest BCUT2D eigenvalue weighted by Crippen LogP contribution is -2.48. The number of nitrogens with zero attached hydrogens (tertiary/aromatic N) is 4. The number of ether oxygens (including phenoxy) is 1. The molecule has 2 saturated heterocycles. The Morgan fingerprint density at radius 1 is 1.13 bits per heavy atom. The summed E-state index contributed by atoms with van der Waals surface area (Å²) in [6.45, 7) is 5.30. The van der Waals surface area contributed by atoms with Crippen molar-refractivity contribution in [2.75, 3.05) is 48.0 Å². The van der Waals surface area contributed by atoms with Crippen LogP contribution in [0.5, 0.6) is 0 Å². The minimum Gasteiger partial charge on any atom is -0.378 e. The first kappa shape index (κ1) is 19.9. The van der Waals surface area contributed by atoms with E-state index in [1.54, 1.807) is 17.3 Å². The molecule has 2 aromatic heterocycles. The predicted molar refractivity (Wildman–Crippen MR) is 115 cm³/mol. The van der Waals surface area contributed by atoms with Gasteiger partial charge in [-0.25, -0.2) is 13.8 Å². The summed E-state index contributed by atoms with van der Waals surface area (Å²) in [5.74, 6) is -0.879. The minimum absolute atomic E-state index is 0.192. The highest BCUT2D eigenvalue weighted by Gasteiger charge is 2.30. The zero-order chi connectivity index (χ0) is 21.5. The number of fused-ring (bicyclic) bond motifs is 1. The largest absolute Gasteiger partial charge is 0.378 e. The van der Waals surface area contributed by atoms with Crippen LogP contribution in [0.1, 0.15) is 12.0 Å². The van der Waals surface area contributed by atoms with Crippen LogP contribution < -0.4 is 15.1 Å². The van der Waals surface area contributed by atoms with E-state index in [2.05, 4.69) is 20.2 Å². The van der Waals surface area contributed by atoms with Crippen molar-refractivity contribution in [2.45, 2.75) is 19.6 Å². The number of hydrogen-bond acceptors (Lipinski definition) is 7. The summed E-state index contributed by atoms with van der Waals surface area (Å²) in [6, 6.07) is 4.01. The number of halogens is 2. The second-order valence-electron chi connectivity index (χ2n) is 7.84. The van der Waals surface area contributed by atoms with E-state index < -0.39 is 17.9 Å². The van der Waals surface area contributed by atoms with Gasteiger partial charge in [0.25, 0.3) is 0 Å². The molecule has 7 nitrogen and oxygen atoms in total. The Morgan fingerprint density at radius 2 is 1.94 bits per heavy atom. The van der Waals surface area contributed by atoms with Gasteiger partial charge in [-0.2, -0.15) is 0 Å². The number of aliphatic hydroxyl groups excluding tert-OH is 1. The molecule has 5 rings (SSSR count). The van der Waals surface area contributed by atoms with Gasteiger partial charge in [0.2, 0.25) is 0 Å². The van der Waals surface area contributed by atoms with Gasteiger partial charge in [-0.1, -0.05) is 0 Å². The average Bonchev–Trinajstić information content (AvgIpc) is 2.76. The van der Waals surface area contributed by atoms with Gasteiger partial charge in [-0.15, -0.1) is 0 Å². The van der Waals surface area contributed by atoms with Gasteiger partial charge < -0.3 is 25.0 Å². The van der Waals surface area contributed by atoms with E-state index >= 15 is 0 Å². The van der Waals surface area contributed by atoms with Gasteiger partial charge in [-0.05, 0) is 13.0 Å². The zero-order valence-electron chi connectivity index (χ0n) is 17.1. The van der Waals surface area contributed by atoms with Gasteiger partial charge in [0, 0.05) is 43.8 Å². The Morgan fingerprint density at radius 3 is 2.65 bits per heavy atom. The molecule has 0 radical (unpaired) electrons. The highest BCUT2D eigenvalue weighted by atomic mass is 19.1. The van der Waals surface area contributed by atoms with Crippen molar-refractivity contribution in [3.8, 4) is 0 Å². The maximum atomic E-state index is 14.8. The van der Waals surface area contributed by atoms with Crippen LogP contribution in [0.25, 0.3) is 10.9 Å². The van der Waals surface area contributed by atoms with E-state index in [-0.39, 0.29) is 10.9 Å². The van der Waals surface area contributed by atoms with E-state index in [4.69, 9.17) is 4.74 Å². The second-order valence-corrected chi connectivity index (χ2v) is 7.84. The number of benzene rings is 1. The summed E-state index contributed by atoms with van der Waals surface area (Å²) >= 11 is 0. The first-order chi connectivity index (χ1) is 15.0. The quantitative estimate of drug-likeness (QED) is 0.662. The van der Waals surface area contributed by atoms with Gasteiger partial charge in [0.05, 0.1) is 53.6 Å². The summed E-state index contributed by atoms with van der Waals surface area (Å²) in [7, 11) is 0. The van der Waals surface area contributed by atoms with Gasteiger partial charge in [-0.3, -0.25) is 4.98 Å². The van der Waals surface area contributed by atoms with Crippen molar-refractivity contribution in [3.63, 3.8) is 0 Å². The fourth-order valence-corrected chi connectivity index (χ4v) is 4.08. The normalized spacial score (nSPS) is 18.9. The molecule has 1 aromatic carbocycles. The topological polar surface area (TPSA) is 73.8 Å². The fourth-order valence-electron chi connectivity index (χ4n) is 4.08. The van der Waals surface area contributed by atoms with Gasteiger partial charge in [0.1, 0.15) is 23.7 Å². The molecule has 0 saturated carbocycles. The number of pyridine rings is 2. The highest BCUT2D eigenvalue weighted by molar-refractivity contribution is 5.98. The van der Waals surface area contributed by atoms with Crippen LogP contribution >= 0.6 is 0 Å². The maximum absolute atomic E-state index is 14.8. The number of hydrogen-bond donors (Lipinski definition) is 2. The summed E-state index contributed by atoms with van der Waals surface area (Å²) in [4.78, 5) is 12.7. The first-order valence-corrected chi connectivity index (χ1v) is 10.3. The number of rotatable bonds is 4. The number of aromatic nitrogens is 2. The SMILES string of the molecule is Cc1c(N2CCC2O)nc2cc(F)cc(F)c2c1Nc1cncc(N2CCOCC2)c1. The monoisotopic (exact) mass is 427 g/mol. The molecule has 162 valence electrons. The van der Waals surface area contributed by atoms with Crippen LogP contribution in [-0.2, 0) is 4.74 Å². The van der Waals surface area contributed by atoms with E-state index in [1.165, 1.54) is 6.07 Å². The predicted octanol–water partition coefficient (Wildman–Crippen LogP) is 3.33. The molecule has 0 spiro atoms. The zero-order valence-corrected chi connectivity index (χ0v) is 17.1. The van der Waals surface area contributed by atoms with Crippen LogP contribution in [-0.4, -0.2) is 54.2 Å². The Kier molecular flexibility index (Phi) is 5.07. The van der Waals surface area contributed by atoms with Gasteiger partial charge >= 0.3 is 0 Å². The summed E-state index contributed by atoms with van der Waals surface area (Å²) in [6.07, 6.45) is 3.42. The molecule has 31 heavy (non-hydrogen) atoms. The lowest BCUT2D eigenvalue weighted by molar-refractivity contribution is 0.112. The van der Waals surface area contributed by atoms with Crippen molar-refractivity contribution in [1.29, 1.82) is 0 Å². The van der Waals surface area contributed by atoms with E-state index in [0.29, 0.717) is 48.9 Å². The standard InChI is InChI=1S/C22H23F2N5O2/c1-13-21(26-15-10-16(12-25-11-15)28-4-6-31-7-5-28)20-17(24)8-14(23)9-18(20)27-22(13)29-3-2-19(29)30/h8-12,19,30H,2-7H2,1H3,(H,26,27). The molecule has 0 aliphatic carbocycles. The number of anilines is 4. The molecule has 9 heteroatoms. The van der Waals surface area contributed by atoms with Crippen molar-refractivity contribution in [2.24, 2.45) is 0 Å². The number of nitrogens with one attached hydrogen (secondary N) is 1. The van der Waals surface area contributed by atoms with E-state index in [9.17, 15) is 13.9 Å². The molecule has 2 aliphatic heterocycles. The fraction of sp³-hybridized carbons (Fsp3) is 0.364. The van der Waals surface area contributed by atoms with Crippen molar-refractivity contribution >= 4 is 33.8 Å². The lowest BCUT2D eigenvalue weighted by Gasteiger charge is -2.39. The molecule has 0 bridgehead atoms. The van der Waals surface area contributed by atoms with Crippen LogP contribution in [0.3, 0.4) is 0 Å². The van der Waals surface area contributed by atoms with E-state index in [0.717, 1.165) is 24.8 Å². The summed E-state index contributed by atoms with van der Waals surface area (Å²) < 4.78 is 34.2. The molecule has 1 atom stereocenters. The third-order valence-electron chi connectivity index (χ3n) is 5.85. The number of morpholine rings is 1. The van der Waals surface area contributed by atoms with Crippen LogP contribution in [0.15, 0.2) is 30.6 Å².